The molecule has 1 fully saturated rings. The number of aromatic nitrogens is 1. The number of hydrogen-bond acceptors (Lipinski definition) is 4. The van der Waals surface area contributed by atoms with Crippen molar-refractivity contribution in [1.82, 2.24) is 10.3 Å². The van der Waals surface area contributed by atoms with Crippen molar-refractivity contribution >= 4 is 17.5 Å². The second-order valence-electron chi connectivity index (χ2n) is 6.01. The normalized spacial score (nSPS) is 16.8. The highest BCUT2D eigenvalue weighted by molar-refractivity contribution is 6.00. The molecule has 6 nitrogen and oxygen atoms in total. The Morgan fingerprint density at radius 3 is 2.80 bits per heavy atom. The second kappa shape index (κ2) is 7.79. The number of methoxy groups -OCH3 is 1. The molecule has 6 heteroatoms. The largest absolute Gasteiger partial charge is 0.497 e. The summed E-state index contributed by atoms with van der Waals surface area (Å²) in [7, 11) is 1.63. The Labute approximate surface area is 146 Å². The Morgan fingerprint density at radius 1 is 1.32 bits per heavy atom. The lowest BCUT2D eigenvalue weighted by molar-refractivity contribution is -0.126. The van der Waals surface area contributed by atoms with E-state index in [1.807, 2.05) is 30.3 Å². The van der Waals surface area contributed by atoms with E-state index in [1.165, 1.54) is 0 Å². The SMILES string of the molecule is COc1ccc(CCNC(=O)C2CC(=O)N(c3cccnc3)C2)cc1. The van der Waals surface area contributed by atoms with E-state index < -0.39 is 0 Å². The predicted molar refractivity (Wildman–Crippen MR) is 94.4 cm³/mol. The van der Waals surface area contributed by atoms with Crippen molar-refractivity contribution in [2.75, 3.05) is 25.1 Å². The van der Waals surface area contributed by atoms with E-state index in [4.69, 9.17) is 4.74 Å². The zero-order valence-corrected chi connectivity index (χ0v) is 14.1. The number of nitrogens with one attached hydrogen (secondary N) is 1. The summed E-state index contributed by atoms with van der Waals surface area (Å²) in [5.74, 6) is 0.382. The Kier molecular flexibility index (Phi) is 5.28. The van der Waals surface area contributed by atoms with Crippen LogP contribution in [0.2, 0.25) is 0 Å². The minimum Gasteiger partial charge on any atom is -0.497 e. The molecule has 1 saturated heterocycles. The molecule has 1 aromatic heterocycles. The monoisotopic (exact) mass is 339 g/mol. The van der Waals surface area contributed by atoms with Gasteiger partial charge >= 0.3 is 0 Å². The van der Waals surface area contributed by atoms with E-state index in [0.717, 1.165) is 23.4 Å². The first kappa shape index (κ1) is 17.0. The van der Waals surface area contributed by atoms with E-state index in [9.17, 15) is 9.59 Å². The topological polar surface area (TPSA) is 71.5 Å². The molecule has 130 valence electrons. The van der Waals surface area contributed by atoms with Gasteiger partial charge in [0.15, 0.2) is 0 Å². The molecule has 0 aliphatic carbocycles. The van der Waals surface area contributed by atoms with Gasteiger partial charge in [0.25, 0.3) is 0 Å². The highest BCUT2D eigenvalue weighted by Gasteiger charge is 2.34. The minimum absolute atomic E-state index is 0.0386. The zero-order chi connectivity index (χ0) is 17.6. The molecule has 1 unspecified atom stereocenters. The number of nitrogens with zero attached hydrogens (tertiary/aromatic N) is 2. The molecule has 1 aromatic carbocycles. The first-order chi connectivity index (χ1) is 12.2. The van der Waals surface area contributed by atoms with Gasteiger partial charge in [-0.05, 0) is 36.2 Å². The molecule has 1 aliphatic rings. The lowest BCUT2D eigenvalue weighted by Crippen LogP contribution is -2.34. The number of pyridine rings is 1. The van der Waals surface area contributed by atoms with Crippen LogP contribution in [0, 0.1) is 5.92 Å². The van der Waals surface area contributed by atoms with Gasteiger partial charge in [-0.2, -0.15) is 0 Å². The molecule has 2 heterocycles. The van der Waals surface area contributed by atoms with Crippen LogP contribution < -0.4 is 15.0 Å². The lowest BCUT2D eigenvalue weighted by atomic mass is 10.1. The van der Waals surface area contributed by atoms with Crippen molar-refractivity contribution in [3.05, 3.63) is 54.4 Å². The zero-order valence-electron chi connectivity index (χ0n) is 14.1. The number of anilines is 1. The van der Waals surface area contributed by atoms with Gasteiger partial charge in [-0.3, -0.25) is 14.6 Å². The van der Waals surface area contributed by atoms with Crippen molar-refractivity contribution in [3.8, 4) is 5.75 Å². The number of amides is 2. The van der Waals surface area contributed by atoms with Crippen LogP contribution in [0.3, 0.4) is 0 Å². The van der Waals surface area contributed by atoms with Crippen LogP contribution in [0.4, 0.5) is 5.69 Å². The summed E-state index contributed by atoms with van der Waals surface area (Å²) < 4.78 is 5.13. The average molecular weight is 339 g/mol. The van der Waals surface area contributed by atoms with Gasteiger partial charge < -0.3 is 15.0 Å². The fraction of sp³-hybridized carbons (Fsp3) is 0.316. The summed E-state index contributed by atoms with van der Waals surface area (Å²) in [6, 6.07) is 11.4. The second-order valence-corrected chi connectivity index (χ2v) is 6.01. The van der Waals surface area contributed by atoms with E-state index in [1.54, 1.807) is 30.5 Å². The third-order valence-corrected chi connectivity index (χ3v) is 4.33. The molecule has 0 saturated carbocycles. The smallest absolute Gasteiger partial charge is 0.227 e. The maximum atomic E-state index is 12.3. The molecular formula is C19H21N3O3. The van der Waals surface area contributed by atoms with Crippen molar-refractivity contribution in [2.24, 2.45) is 5.92 Å². The van der Waals surface area contributed by atoms with Gasteiger partial charge in [0.2, 0.25) is 11.8 Å². The highest BCUT2D eigenvalue weighted by Crippen LogP contribution is 2.24. The first-order valence-corrected chi connectivity index (χ1v) is 8.28. The van der Waals surface area contributed by atoms with E-state index in [-0.39, 0.29) is 24.2 Å². The van der Waals surface area contributed by atoms with Crippen LogP contribution in [0.5, 0.6) is 5.75 Å². The molecule has 0 bridgehead atoms. The first-order valence-electron chi connectivity index (χ1n) is 8.28. The molecular weight excluding hydrogens is 318 g/mol. The van der Waals surface area contributed by atoms with Gasteiger partial charge in [-0.25, -0.2) is 0 Å². The van der Waals surface area contributed by atoms with E-state index >= 15 is 0 Å². The quantitative estimate of drug-likeness (QED) is 0.871. The van der Waals surface area contributed by atoms with Crippen LogP contribution >= 0.6 is 0 Å². The molecule has 2 aromatic rings. The summed E-state index contributed by atoms with van der Waals surface area (Å²) in [6.07, 6.45) is 4.28. The summed E-state index contributed by atoms with van der Waals surface area (Å²) in [5, 5.41) is 2.93. The number of benzene rings is 1. The van der Waals surface area contributed by atoms with Crippen molar-refractivity contribution in [2.45, 2.75) is 12.8 Å². The number of carbonyl (C=O) groups excluding carboxylic acids is 2. The summed E-state index contributed by atoms with van der Waals surface area (Å²) in [4.78, 5) is 30.1. The summed E-state index contributed by atoms with van der Waals surface area (Å²) in [6.45, 7) is 0.946. The van der Waals surface area contributed by atoms with Gasteiger partial charge in [-0.15, -0.1) is 0 Å². The Bertz CT molecular complexity index is 731. The van der Waals surface area contributed by atoms with Gasteiger partial charge in [0.05, 0.1) is 24.9 Å². The van der Waals surface area contributed by atoms with Crippen LogP contribution in [0.15, 0.2) is 48.8 Å². The lowest BCUT2D eigenvalue weighted by Gasteiger charge is -2.16. The molecule has 25 heavy (non-hydrogen) atoms. The standard InChI is InChI=1S/C19H21N3O3/c1-25-17-6-4-14(5-7-17)8-10-21-19(24)15-11-18(23)22(13-15)16-3-2-9-20-12-16/h2-7,9,12,15H,8,10-11,13H2,1H3,(H,21,24). The van der Waals surface area contributed by atoms with Crippen LogP contribution in [0.1, 0.15) is 12.0 Å². The number of rotatable bonds is 6. The third-order valence-electron chi connectivity index (χ3n) is 4.33. The van der Waals surface area contributed by atoms with E-state index in [0.29, 0.717) is 13.1 Å². The van der Waals surface area contributed by atoms with Crippen LogP contribution in [-0.2, 0) is 16.0 Å². The Balaban J connectivity index is 1.49. The fourth-order valence-electron chi connectivity index (χ4n) is 2.91. The van der Waals surface area contributed by atoms with Gasteiger partial charge in [-0.1, -0.05) is 12.1 Å². The third kappa shape index (κ3) is 4.15. The summed E-state index contributed by atoms with van der Waals surface area (Å²) in [5.41, 5.74) is 1.86. The fourth-order valence-corrected chi connectivity index (χ4v) is 2.91. The molecule has 1 aliphatic heterocycles. The van der Waals surface area contributed by atoms with Gasteiger partial charge in [0.1, 0.15) is 5.75 Å². The number of carbonyl (C=O) groups is 2. The maximum absolute atomic E-state index is 12.3. The maximum Gasteiger partial charge on any atom is 0.227 e. The van der Waals surface area contributed by atoms with Crippen molar-refractivity contribution in [3.63, 3.8) is 0 Å². The highest BCUT2D eigenvalue weighted by atomic mass is 16.5. The molecule has 2 amide bonds. The van der Waals surface area contributed by atoms with Crippen LogP contribution in [-0.4, -0.2) is 37.0 Å². The number of hydrogen-bond donors (Lipinski definition) is 1. The van der Waals surface area contributed by atoms with Crippen molar-refractivity contribution in [1.29, 1.82) is 0 Å². The van der Waals surface area contributed by atoms with Crippen molar-refractivity contribution < 1.29 is 14.3 Å². The average Bonchev–Trinajstić information content (AvgIpc) is 3.05. The number of ether oxygens (including phenoxy) is 1. The molecule has 3 rings (SSSR count). The van der Waals surface area contributed by atoms with Crippen LogP contribution in [0.25, 0.3) is 0 Å². The predicted octanol–water partition coefficient (Wildman–Crippen LogP) is 1.80. The molecule has 0 spiro atoms. The Morgan fingerprint density at radius 2 is 2.12 bits per heavy atom. The molecule has 1 N–H and O–H groups in total. The van der Waals surface area contributed by atoms with Gasteiger partial charge in [0, 0.05) is 25.7 Å². The molecule has 1 atom stereocenters. The minimum atomic E-state index is -0.316. The van der Waals surface area contributed by atoms with E-state index in [2.05, 4.69) is 10.3 Å². The summed E-state index contributed by atoms with van der Waals surface area (Å²) >= 11 is 0. The Hall–Kier alpha value is -2.89. The molecule has 0 radical (unpaired) electrons.